The van der Waals surface area contributed by atoms with Gasteiger partial charge < -0.3 is 20.2 Å². The smallest absolute Gasteiger partial charge is 0.349 e. The van der Waals surface area contributed by atoms with Crippen molar-refractivity contribution < 1.29 is 13.9 Å². The van der Waals surface area contributed by atoms with E-state index in [0.717, 1.165) is 10.2 Å². The van der Waals surface area contributed by atoms with Crippen LogP contribution in [0.4, 0.5) is 4.39 Å². The van der Waals surface area contributed by atoms with E-state index in [9.17, 15) is 9.59 Å². The zero-order chi connectivity index (χ0) is 25.1. The van der Waals surface area contributed by atoms with Gasteiger partial charge in [0.15, 0.2) is 11.6 Å². The largest absolute Gasteiger partial charge is 0.497 e. The zero-order valence-corrected chi connectivity index (χ0v) is 18.8. The Bertz CT molecular complexity index is 1490. The lowest BCUT2D eigenvalue weighted by Crippen LogP contribution is -2.25. The van der Waals surface area contributed by atoms with E-state index >= 15 is 4.39 Å². The molecular weight excluding hydrogens is 457 g/mol. The van der Waals surface area contributed by atoms with Crippen LogP contribution in [0.2, 0.25) is 0 Å². The van der Waals surface area contributed by atoms with E-state index in [-0.39, 0.29) is 35.2 Å². The number of amidine groups is 1. The summed E-state index contributed by atoms with van der Waals surface area (Å²) in [6.07, 6.45) is 2.85. The van der Waals surface area contributed by atoms with Crippen molar-refractivity contribution in [2.45, 2.75) is 12.3 Å². The van der Waals surface area contributed by atoms with Gasteiger partial charge in [-0.3, -0.25) is 15.2 Å². The van der Waals surface area contributed by atoms with Gasteiger partial charge >= 0.3 is 5.69 Å². The first-order valence-electron chi connectivity index (χ1n) is 10.4. The first kappa shape index (κ1) is 23.4. The number of hydrogen-bond acceptors (Lipinski definition) is 7. The molecule has 2 aromatic heterocycles. The number of rotatable bonds is 8. The molecule has 1 unspecified atom stereocenters. The SMILES string of the molecule is COc1cc(OC)c(F)c(C(Cc2ccc(C(=N)N)cc2)c2nn(-c3ncc[nH]c3=O)c(=O)[nH]2)c1. The number of nitrogens with one attached hydrogen (secondary N) is 3. The maximum atomic E-state index is 15.5. The highest BCUT2D eigenvalue weighted by molar-refractivity contribution is 5.94. The molecule has 0 radical (unpaired) electrons. The Labute approximate surface area is 197 Å². The van der Waals surface area contributed by atoms with Gasteiger partial charge in [-0.25, -0.2) is 14.2 Å². The molecule has 0 saturated heterocycles. The summed E-state index contributed by atoms with van der Waals surface area (Å²) in [7, 11) is 2.77. The molecule has 12 heteroatoms. The summed E-state index contributed by atoms with van der Waals surface area (Å²) in [5.41, 5.74) is 5.66. The molecule has 0 saturated carbocycles. The molecule has 180 valence electrons. The lowest BCUT2D eigenvalue weighted by atomic mass is 9.90. The maximum absolute atomic E-state index is 15.5. The second-order valence-electron chi connectivity index (χ2n) is 7.57. The Morgan fingerprint density at radius 3 is 2.57 bits per heavy atom. The number of hydrogen-bond donors (Lipinski definition) is 4. The second kappa shape index (κ2) is 9.63. The van der Waals surface area contributed by atoms with Gasteiger partial charge in [-0.2, -0.15) is 4.68 Å². The minimum atomic E-state index is -0.807. The number of ether oxygens (including phenoxy) is 2. The molecular formula is C23H22FN7O4. The van der Waals surface area contributed by atoms with Crippen molar-refractivity contribution in [1.82, 2.24) is 24.7 Å². The monoisotopic (exact) mass is 479 g/mol. The van der Waals surface area contributed by atoms with Gasteiger partial charge in [0.1, 0.15) is 17.4 Å². The van der Waals surface area contributed by atoms with Crippen LogP contribution in [-0.2, 0) is 6.42 Å². The van der Waals surface area contributed by atoms with Crippen LogP contribution in [0.25, 0.3) is 5.82 Å². The first-order valence-corrected chi connectivity index (χ1v) is 10.4. The number of aromatic amines is 2. The van der Waals surface area contributed by atoms with Gasteiger partial charge in [0.05, 0.1) is 20.1 Å². The normalized spacial score (nSPS) is 11.7. The Morgan fingerprint density at radius 1 is 1.20 bits per heavy atom. The molecule has 0 aliphatic rings. The molecule has 0 aliphatic carbocycles. The van der Waals surface area contributed by atoms with Crippen molar-refractivity contribution in [1.29, 1.82) is 5.41 Å². The Kier molecular flexibility index (Phi) is 6.44. The molecule has 1 atom stereocenters. The molecule has 0 spiro atoms. The van der Waals surface area contributed by atoms with E-state index in [1.54, 1.807) is 24.3 Å². The van der Waals surface area contributed by atoms with Gasteiger partial charge in [0.25, 0.3) is 5.56 Å². The van der Waals surface area contributed by atoms with Crippen molar-refractivity contribution in [2.24, 2.45) is 5.73 Å². The van der Waals surface area contributed by atoms with Crippen LogP contribution in [0.1, 0.15) is 28.4 Å². The Balaban J connectivity index is 1.87. The first-order chi connectivity index (χ1) is 16.8. The number of aromatic nitrogens is 5. The van der Waals surface area contributed by atoms with Crippen LogP contribution in [0.15, 0.2) is 58.4 Å². The summed E-state index contributed by atoms with van der Waals surface area (Å²) >= 11 is 0. The predicted molar refractivity (Wildman–Crippen MR) is 125 cm³/mol. The van der Waals surface area contributed by atoms with Crippen molar-refractivity contribution in [3.05, 3.63) is 98.0 Å². The van der Waals surface area contributed by atoms with Gasteiger partial charge in [-0.1, -0.05) is 24.3 Å². The molecule has 4 aromatic rings. The van der Waals surface area contributed by atoms with E-state index < -0.39 is 23.0 Å². The molecule has 11 nitrogen and oxygen atoms in total. The number of H-pyrrole nitrogens is 2. The minimum Gasteiger partial charge on any atom is -0.497 e. The minimum absolute atomic E-state index is 0.0424. The van der Waals surface area contributed by atoms with Gasteiger partial charge in [0.2, 0.25) is 5.82 Å². The third-order valence-electron chi connectivity index (χ3n) is 5.43. The highest BCUT2D eigenvalue weighted by Crippen LogP contribution is 2.35. The molecule has 0 aliphatic heterocycles. The molecule has 2 aromatic carbocycles. The number of nitrogen functional groups attached to an aromatic ring is 1. The van der Waals surface area contributed by atoms with Crippen molar-refractivity contribution in [3.63, 3.8) is 0 Å². The summed E-state index contributed by atoms with van der Waals surface area (Å²) in [6, 6.07) is 9.75. The predicted octanol–water partition coefficient (Wildman–Crippen LogP) is 1.46. The Morgan fingerprint density at radius 2 is 1.94 bits per heavy atom. The summed E-state index contributed by atoms with van der Waals surface area (Å²) < 4.78 is 26.8. The molecule has 0 fully saturated rings. The second-order valence-corrected chi connectivity index (χ2v) is 7.57. The summed E-state index contributed by atoms with van der Waals surface area (Å²) in [5, 5.41) is 11.8. The molecule has 35 heavy (non-hydrogen) atoms. The number of nitrogens with zero attached hydrogens (tertiary/aromatic N) is 3. The summed E-state index contributed by atoms with van der Waals surface area (Å²) in [5.74, 6) is -1.36. The van der Waals surface area contributed by atoms with E-state index in [2.05, 4.69) is 20.1 Å². The maximum Gasteiger partial charge on any atom is 0.349 e. The molecule has 0 bridgehead atoms. The lowest BCUT2D eigenvalue weighted by molar-refractivity contribution is 0.369. The van der Waals surface area contributed by atoms with Crippen molar-refractivity contribution in [3.8, 4) is 17.3 Å². The average Bonchev–Trinajstić information content (AvgIpc) is 3.24. The van der Waals surface area contributed by atoms with E-state index in [4.69, 9.17) is 20.6 Å². The fourth-order valence-corrected chi connectivity index (χ4v) is 3.66. The van der Waals surface area contributed by atoms with Crippen LogP contribution < -0.4 is 26.5 Å². The highest BCUT2D eigenvalue weighted by Gasteiger charge is 2.27. The van der Waals surface area contributed by atoms with Gasteiger partial charge in [-0.15, -0.1) is 5.10 Å². The third-order valence-corrected chi connectivity index (χ3v) is 5.43. The third kappa shape index (κ3) is 4.67. The fraction of sp³-hybridized carbons (Fsp3) is 0.174. The van der Waals surface area contributed by atoms with Crippen LogP contribution in [0, 0.1) is 11.2 Å². The number of nitrogens with two attached hydrogens (primary N) is 1. The van der Waals surface area contributed by atoms with Crippen LogP contribution >= 0.6 is 0 Å². The van der Waals surface area contributed by atoms with Crippen molar-refractivity contribution >= 4 is 5.84 Å². The quantitative estimate of drug-likeness (QED) is 0.219. The van der Waals surface area contributed by atoms with Crippen LogP contribution in [0.5, 0.6) is 11.5 Å². The van der Waals surface area contributed by atoms with Gasteiger partial charge in [-0.05, 0) is 18.1 Å². The standard InChI is InChI=1S/C23H22FN7O4/c1-34-14-10-15(18(24)17(11-14)35-2)16(9-12-3-5-13(6-4-12)19(25)26)20-29-23(33)31(30-20)21-22(32)28-8-7-27-21/h3-8,10-11,16H,9H2,1-2H3,(H3,25,26)(H,28,32)(H,29,30,33). The lowest BCUT2D eigenvalue weighted by Gasteiger charge is -2.18. The number of benzene rings is 2. The molecule has 5 N–H and O–H groups in total. The molecule has 4 rings (SSSR count). The van der Waals surface area contributed by atoms with Crippen molar-refractivity contribution in [2.75, 3.05) is 14.2 Å². The Hall–Kier alpha value is -4.74. The van der Waals surface area contributed by atoms with E-state index in [0.29, 0.717) is 11.3 Å². The van der Waals surface area contributed by atoms with Gasteiger partial charge in [0, 0.05) is 29.6 Å². The molecule has 2 heterocycles. The number of halogens is 1. The fourth-order valence-electron chi connectivity index (χ4n) is 3.66. The number of methoxy groups -OCH3 is 2. The summed E-state index contributed by atoms with van der Waals surface area (Å²) in [4.78, 5) is 33.9. The van der Waals surface area contributed by atoms with E-state index in [1.165, 1.54) is 38.7 Å². The highest BCUT2D eigenvalue weighted by atomic mass is 19.1. The average molecular weight is 479 g/mol. The van der Waals surface area contributed by atoms with E-state index in [1.807, 2.05) is 0 Å². The summed E-state index contributed by atoms with van der Waals surface area (Å²) in [6.45, 7) is 0. The van der Waals surface area contributed by atoms with Crippen LogP contribution in [-0.4, -0.2) is 44.8 Å². The molecule has 0 amide bonds. The van der Waals surface area contributed by atoms with Crippen LogP contribution in [0.3, 0.4) is 0 Å². The topological polar surface area (TPSA) is 165 Å². The zero-order valence-electron chi connectivity index (χ0n) is 18.8.